The van der Waals surface area contributed by atoms with Gasteiger partial charge in [-0.05, 0) is 44.0 Å². The average Bonchev–Trinajstić information content (AvgIpc) is 2.16. The van der Waals surface area contributed by atoms with Crippen LogP contribution in [0.25, 0.3) is 0 Å². The van der Waals surface area contributed by atoms with Crippen LogP contribution in [0.4, 0.5) is 8.78 Å². The first-order valence-electron chi connectivity index (χ1n) is 5.30. The minimum atomic E-state index is -0.506. The molecule has 1 atom stereocenters. The molecule has 1 nitrogen and oxygen atoms in total. The number of nitrogens with one attached hydrogen (secondary N) is 1. The lowest BCUT2D eigenvalue weighted by Crippen LogP contribution is -2.27. The van der Waals surface area contributed by atoms with Crippen LogP contribution < -0.4 is 5.32 Å². The first kappa shape index (κ1) is 12.1. The molecule has 0 aromatic heterocycles. The molecule has 0 bridgehead atoms. The van der Waals surface area contributed by atoms with Crippen molar-refractivity contribution in [1.29, 1.82) is 0 Å². The van der Waals surface area contributed by atoms with Crippen LogP contribution in [0.2, 0.25) is 0 Å². The zero-order chi connectivity index (χ0) is 11.3. The Morgan fingerprint density at radius 2 is 1.80 bits per heavy atom. The van der Waals surface area contributed by atoms with E-state index in [4.69, 9.17) is 0 Å². The van der Waals surface area contributed by atoms with Gasteiger partial charge in [0.15, 0.2) is 0 Å². The van der Waals surface area contributed by atoms with Gasteiger partial charge in [0.05, 0.1) is 0 Å². The van der Waals surface area contributed by atoms with E-state index in [2.05, 4.69) is 19.2 Å². The van der Waals surface area contributed by atoms with E-state index in [9.17, 15) is 8.78 Å². The minimum absolute atomic E-state index is 0.448. The van der Waals surface area contributed by atoms with Crippen molar-refractivity contribution in [2.24, 2.45) is 0 Å². The molecule has 0 saturated heterocycles. The molecule has 1 aromatic carbocycles. The maximum absolute atomic E-state index is 12.8. The summed E-state index contributed by atoms with van der Waals surface area (Å²) in [6, 6.07) is 4.09. The highest BCUT2D eigenvalue weighted by molar-refractivity contribution is 5.18. The molecule has 0 amide bonds. The van der Waals surface area contributed by atoms with Gasteiger partial charge in [0, 0.05) is 12.1 Å². The van der Waals surface area contributed by atoms with Crippen molar-refractivity contribution < 1.29 is 8.78 Å². The van der Waals surface area contributed by atoms with Crippen LogP contribution in [0.15, 0.2) is 18.2 Å². The number of hydrogen-bond donors (Lipinski definition) is 1. The lowest BCUT2D eigenvalue weighted by Gasteiger charge is -2.10. The molecule has 0 fully saturated rings. The summed E-state index contributed by atoms with van der Waals surface area (Å²) in [7, 11) is 0. The molecular formula is C12H17F2N. The number of rotatable bonds is 5. The lowest BCUT2D eigenvalue weighted by molar-refractivity contribution is 0.534. The van der Waals surface area contributed by atoms with Crippen molar-refractivity contribution >= 4 is 0 Å². The highest BCUT2D eigenvalue weighted by atomic mass is 19.1. The van der Waals surface area contributed by atoms with Gasteiger partial charge in [-0.25, -0.2) is 8.78 Å². The molecule has 0 aliphatic rings. The van der Waals surface area contributed by atoms with E-state index in [-0.39, 0.29) is 0 Å². The first-order valence-corrected chi connectivity index (χ1v) is 5.30. The fraction of sp³-hybridized carbons (Fsp3) is 0.500. The third-order valence-corrected chi connectivity index (χ3v) is 2.44. The van der Waals surface area contributed by atoms with E-state index in [1.165, 1.54) is 12.1 Å². The molecule has 15 heavy (non-hydrogen) atoms. The maximum Gasteiger partial charge on any atom is 0.126 e. The Morgan fingerprint density at radius 1 is 1.20 bits per heavy atom. The topological polar surface area (TPSA) is 12.0 Å². The second-order valence-corrected chi connectivity index (χ2v) is 3.79. The van der Waals surface area contributed by atoms with Gasteiger partial charge in [-0.15, -0.1) is 0 Å². The molecule has 84 valence electrons. The van der Waals surface area contributed by atoms with Gasteiger partial charge in [0.25, 0.3) is 0 Å². The summed E-state index contributed by atoms with van der Waals surface area (Å²) >= 11 is 0. The normalized spacial score (nSPS) is 12.8. The summed E-state index contributed by atoms with van der Waals surface area (Å²) in [4.78, 5) is 0. The van der Waals surface area contributed by atoms with E-state index in [1.54, 1.807) is 0 Å². The molecule has 1 N–H and O–H groups in total. The Hall–Kier alpha value is -0.960. The lowest BCUT2D eigenvalue weighted by atomic mass is 10.1. The van der Waals surface area contributed by atoms with Gasteiger partial charge >= 0.3 is 0 Å². The van der Waals surface area contributed by atoms with Crippen molar-refractivity contribution in [1.82, 2.24) is 5.32 Å². The Labute approximate surface area is 89.5 Å². The number of halogens is 2. The highest BCUT2D eigenvalue weighted by Crippen LogP contribution is 2.08. The van der Waals surface area contributed by atoms with Gasteiger partial charge < -0.3 is 5.32 Å². The van der Waals surface area contributed by atoms with Crippen molar-refractivity contribution in [2.45, 2.75) is 32.7 Å². The zero-order valence-electron chi connectivity index (χ0n) is 9.19. The van der Waals surface area contributed by atoms with Gasteiger partial charge in [-0.2, -0.15) is 0 Å². The van der Waals surface area contributed by atoms with Crippen LogP contribution in [-0.2, 0) is 6.42 Å². The molecule has 0 radical (unpaired) electrons. The average molecular weight is 213 g/mol. The summed E-state index contributed by atoms with van der Waals surface area (Å²) < 4.78 is 25.6. The van der Waals surface area contributed by atoms with Crippen LogP contribution in [0.5, 0.6) is 0 Å². The fourth-order valence-corrected chi connectivity index (χ4v) is 1.36. The Morgan fingerprint density at radius 3 is 2.33 bits per heavy atom. The molecule has 0 aliphatic carbocycles. The highest BCUT2D eigenvalue weighted by Gasteiger charge is 2.01. The molecule has 0 unspecified atom stereocenters. The molecule has 1 aromatic rings. The second kappa shape index (κ2) is 5.81. The van der Waals surface area contributed by atoms with Crippen molar-refractivity contribution in [3.63, 3.8) is 0 Å². The molecule has 0 spiro atoms. The number of benzene rings is 1. The molecular weight excluding hydrogens is 196 g/mol. The van der Waals surface area contributed by atoms with Crippen LogP contribution in [-0.4, -0.2) is 12.6 Å². The van der Waals surface area contributed by atoms with E-state index < -0.39 is 11.6 Å². The zero-order valence-corrected chi connectivity index (χ0v) is 9.19. The predicted molar refractivity (Wildman–Crippen MR) is 57.8 cm³/mol. The quantitative estimate of drug-likeness (QED) is 0.793. The van der Waals surface area contributed by atoms with Crippen LogP contribution in [0, 0.1) is 11.6 Å². The Balaban J connectivity index is 2.43. The minimum Gasteiger partial charge on any atom is -0.314 e. The monoisotopic (exact) mass is 213 g/mol. The third-order valence-electron chi connectivity index (χ3n) is 2.44. The van der Waals surface area contributed by atoms with Crippen LogP contribution >= 0.6 is 0 Å². The van der Waals surface area contributed by atoms with Crippen molar-refractivity contribution in [3.05, 3.63) is 35.4 Å². The predicted octanol–water partition coefficient (Wildman–Crippen LogP) is 2.90. The smallest absolute Gasteiger partial charge is 0.126 e. The van der Waals surface area contributed by atoms with E-state index in [1.807, 2.05) is 0 Å². The SMILES string of the molecule is CC[C@H](C)NCCc1cc(F)cc(F)c1. The molecule has 3 heteroatoms. The molecule has 0 saturated carbocycles. The summed E-state index contributed by atoms with van der Waals surface area (Å²) in [5, 5.41) is 3.27. The van der Waals surface area contributed by atoms with E-state index in [0.717, 1.165) is 19.0 Å². The van der Waals surface area contributed by atoms with Gasteiger partial charge in [0.2, 0.25) is 0 Å². The van der Waals surface area contributed by atoms with Crippen LogP contribution in [0.3, 0.4) is 0 Å². The van der Waals surface area contributed by atoms with Crippen LogP contribution in [0.1, 0.15) is 25.8 Å². The molecule has 1 rings (SSSR count). The van der Waals surface area contributed by atoms with Gasteiger partial charge in [-0.3, -0.25) is 0 Å². The van der Waals surface area contributed by atoms with Gasteiger partial charge in [-0.1, -0.05) is 6.92 Å². The molecule has 0 aliphatic heterocycles. The van der Waals surface area contributed by atoms with E-state index in [0.29, 0.717) is 18.0 Å². The maximum atomic E-state index is 12.8. The second-order valence-electron chi connectivity index (χ2n) is 3.79. The summed E-state index contributed by atoms with van der Waals surface area (Å²) in [5.41, 5.74) is 0.698. The first-order chi connectivity index (χ1) is 7.11. The Bertz CT molecular complexity index is 292. The fourth-order valence-electron chi connectivity index (χ4n) is 1.36. The molecule has 0 heterocycles. The summed E-state index contributed by atoms with van der Waals surface area (Å²) in [6.07, 6.45) is 1.70. The third kappa shape index (κ3) is 4.38. The van der Waals surface area contributed by atoms with Crippen molar-refractivity contribution in [3.8, 4) is 0 Å². The summed E-state index contributed by atoms with van der Waals surface area (Å²) in [6.45, 7) is 4.93. The largest absolute Gasteiger partial charge is 0.314 e. The Kier molecular flexibility index (Phi) is 4.69. The standard InChI is InChI=1S/C12H17F2N/c1-3-9(2)15-5-4-10-6-11(13)8-12(14)7-10/h6-9,15H,3-5H2,1-2H3/t9-/m0/s1. The number of hydrogen-bond acceptors (Lipinski definition) is 1. The summed E-state index contributed by atoms with van der Waals surface area (Å²) in [5.74, 6) is -1.01. The van der Waals surface area contributed by atoms with Crippen molar-refractivity contribution in [2.75, 3.05) is 6.54 Å². The van der Waals surface area contributed by atoms with E-state index >= 15 is 0 Å². The van der Waals surface area contributed by atoms with Gasteiger partial charge in [0.1, 0.15) is 11.6 Å².